The number of pyridine rings is 1. The fraction of sp³-hybridized carbons (Fsp3) is 0.300. The third-order valence-corrected chi connectivity index (χ3v) is 1.53. The molecule has 0 aliphatic heterocycles. The van der Waals surface area contributed by atoms with E-state index in [4.69, 9.17) is 0 Å². The van der Waals surface area contributed by atoms with Crippen molar-refractivity contribution in [2.45, 2.75) is 13.8 Å². The number of aromatic nitrogens is 1. The van der Waals surface area contributed by atoms with Gasteiger partial charge in [-0.25, -0.2) is 0 Å². The first kappa shape index (κ1) is 9.71. The van der Waals surface area contributed by atoms with Crippen molar-refractivity contribution in [1.29, 1.82) is 0 Å². The lowest BCUT2D eigenvalue weighted by atomic mass is 10.2. The largest absolute Gasteiger partial charge is 0.351 e. The van der Waals surface area contributed by atoms with Crippen molar-refractivity contribution in [3.63, 3.8) is 0 Å². The molecular weight excluding hydrogens is 164 g/mol. The molecule has 1 heterocycles. The Morgan fingerprint density at radius 1 is 1.54 bits per heavy atom. The first-order chi connectivity index (χ1) is 6.20. The Bertz CT molecular complexity index is 270. The molecule has 3 nitrogen and oxygen atoms in total. The van der Waals surface area contributed by atoms with Crippen molar-refractivity contribution in [3.05, 3.63) is 36.0 Å². The van der Waals surface area contributed by atoms with E-state index in [1.54, 1.807) is 24.5 Å². The molecule has 0 spiro atoms. The van der Waals surface area contributed by atoms with E-state index in [2.05, 4.69) is 10.3 Å². The number of hydrogen-bond donors (Lipinski definition) is 1. The van der Waals surface area contributed by atoms with Gasteiger partial charge < -0.3 is 5.32 Å². The van der Waals surface area contributed by atoms with Gasteiger partial charge in [-0.3, -0.25) is 9.78 Å². The predicted molar refractivity (Wildman–Crippen MR) is 51.2 cm³/mol. The molecule has 3 heteroatoms. The number of nitrogens with one attached hydrogen (secondary N) is 1. The summed E-state index contributed by atoms with van der Waals surface area (Å²) in [6.45, 7) is 4.57. The van der Waals surface area contributed by atoms with E-state index in [0.717, 1.165) is 0 Å². The quantitative estimate of drug-likeness (QED) is 0.758. The minimum absolute atomic E-state index is 0.0747. The molecule has 0 aliphatic rings. The molecule has 1 aromatic heterocycles. The van der Waals surface area contributed by atoms with Crippen LogP contribution in [0.15, 0.2) is 24.5 Å². The highest BCUT2D eigenvalue weighted by Gasteiger charge is 2.04. The number of nitrogens with zero attached hydrogens (tertiary/aromatic N) is 1. The van der Waals surface area contributed by atoms with Crippen molar-refractivity contribution in [1.82, 2.24) is 10.3 Å². The molecule has 0 aromatic carbocycles. The van der Waals surface area contributed by atoms with Crippen molar-refractivity contribution in [2.75, 3.05) is 6.54 Å². The zero-order chi connectivity index (χ0) is 9.68. The van der Waals surface area contributed by atoms with Gasteiger partial charge in [-0.1, -0.05) is 13.8 Å². The smallest absolute Gasteiger partial charge is 0.252 e. The second-order valence-electron chi connectivity index (χ2n) is 3.13. The molecule has 1 aromatic rings. The van der Waals surface area contributed by atoms with Crippen LogP contribution in [-0.4, -0.2) is 17.4 Å². The molecule has 0 bridgehead atoms. The SMILES string of the molecule is C[C](C)CNC(=O)c1cccnc1. The standard InChI is InChI=1S/C10H13N2O/c1-8(2)6-12-10(13)9-4-3-5-11-7-9/h3-5,7H,6H2,1-2H3,(H,12,13). The van der Waals surface area contributed by atoms with Crippen LogP contribution in [0.5, 0.6) is 0 Å². The molecule has 1 radical (unpaired) electrons. The summed E-state index contributed by atoms with van der Waals surface area (Å²) in [7, 11) is 0. The zero-order valence-corrected chi connectivity index (χ0v) is 7.87. The molecule has 0 saturated heterocycles. The lowest BCUT2D eigenvalue weighted by Gasteiger charge is -2.06. The normalized spacial score (nSPS) is 10.1. The van der Waals surface area contributed by atoms with Crippen LogP contribution in [-0.2, 0) is 0 Å². The maximum absolute atomic E-state index is 11.4. The fourth-order valence-electron chi connectivity index (χ4n) is 0.856. The third kappa shape index (κ3) is 3.23. The van der Waals surface area contributed by atoms with E-state index in [9.17, 15) is 4.79 Å². The van der Waals surface area contributed by atoms with E-state index in [-0.39, 0.29) is 5.91 Å². The topological polar surface area (TPSA) is 42.0 Å². The Balaban J connectivity index is 2.50. The minimum Gasteiger partial charge on any atom is -0.351 e. The van der Waals surface area contributed by atoms with E-state index >= 15 is 0 Å². The van der Waals surface area contributed by atoms with Gasteiger partial charge in [0.25, 0.3) is 5.91 Å². The molecule has 0 aliphatic carbocycles. The summed E-state index contributed by atoms with van der Waals surface area (Å²) < 4.78 is 0. The monoisotopic (exact) mass is 177 g/mol. The number of hydrogen-bond acceptors (Lipinski definition) is 2. The van der Waals surface area contributed by atoms with Gasteiger partial charge in [0, 0.05) is 18.9 Å². The molecule has 1 amide bonds. The highest BCUT2D eigenvalue weighted by Crippen LogP contribution is 1.96. The molecule has 1 rings (SSSR count). The molecule has 0 unspecified atom stereocenters. The van der Waals surface area contributed by atoms with Crippen molar-refractivity contribution >= 4 is 5.91 Å². The Kier molecular flexibility index (Phi) is 3.43. The summed E-state index contributed by atoms with van der Waals surface area (Å²) in [6.07, 6.45) is 3.20. The first-order valence-electron chi connectivity index (χ1n) is 4.17. The number of carbonyl (C=O) groups excluding carboxylic acids is 1. The fourth-order valence-corrected chi connectivity index (χ4v) is 0.856. The second-order valence-corrected chi connectivity index (χ2v) is 3.13. The second kappa shape index (κ2) is 4.60. The van der Waals surface area contributed by atoms with Gasteiger partial charge in [0.1, 0.15) is 0 Å². The maximum atomic E-state index is 11.4. The van der Waals surface area contributed by atoms with Crippen molar-refractivity contribution < 1.29 is 4.79 Å². The van der Waals surface area contributed by atoms with Crippen LogP contribution in [0.3, 0.4) is 0 Å². The van der Waals surface area contributed by atoms with Crippen LogP contribution in [0.25, 0.3) is 0 Å². The van der Waals surface area contributed by atoms with Crippen LogP contribution in [0.4, 0.5) is 0 Å². The van der Waals surface area contributed by atoms with Gasteiger partial charge in [0.15, 0.2) is 0 Å². The third-order valence-electron chi connectivity index (χ3n) is 1.53. The lowest BCUT2D eigenvalue weighted by molar-refractivity contribution is 0.0955. The van der Waals surface area contributed by atoms with E-state index < -0.39 is 0 Å². The summed E-state index contributed by atoms with van der Waals surface area (Å²) in [4.78, 5) is 15.2. The zero-order valence-electron chi connectivity index (χ0n) is 7.87. The van der Waals surface area contributed by atoms with Crippen LogP contribution in [0.1, 0.15) is 24.2 Å². The van der Waals surface area contributed by atoms with Crippen LogP contribution in [0.2, 0.25) is 0 Å². The van der Waals surface area contributed by atoms with Gasteiger partial charge in [0.2, 0.25) is 0 Å². The summed E-state index contributed by atoms with van der Waals surface area (Å²) in [5.41, 5.74) is 0.601. The van der Waals surface area contributed by atoms with Crippen LogP contribution < -0.4 is 5.32 Å². The highest BCUT2D eigenvalue weighted by molar-refractivity contribution is 5.93. The molecule has 13 heavy (non-hydrogen) atoms. The molecule has 0 atom stereocenters. The number of carbonyl (C=O) groups is 1. The number of rotatable bonds is 3. The van der Waals surface area contributed by atoms with Crippen molar-refractivity contribution in [3.8, 4) is 0 Å². The minimum atomic E-state index is -0.0747. The van der Waals surface area contributed by atoms with Crippen LogP contribution >= 0.6 is 0 Å². The van der Waals surface area contributed by atoms with Gasteiger partial charge in [-0.05, 0) is 18.1 Å². The van der Waals surface area contributed by atoms with Gasteiger partial charge in [-0.15, -0.1) is 0 Å². The number of amides is 1. The first-order valence-corrected chi connectivity index (χ1v) is 4.17. The summed E-state index contributed by atoms with van der Waals surface area (Å²) in [5.74, 6) is 1.10. The van der Waals surface area contributed by atoms with Crippen molar-refractivity contribution in [2.24, 2.45) is 0 Å². The summed E-state index contributed by atoms with van der Waals surface area (Å²) >= 11 is 0. The Morgan fingerprint density at radius 3 is 2.85 bits per heavy atom. The van der Waals surface area contributed by atoms with Gasteiger partial charge >= 0.3 is 0 Å². The van der Waals surface area contributed by atoms with E-state index in [1.807, 2.05) is 13.8 Å². The summed E-state index contributed by atoms with van der Waals surface area (Å²) in [5, 5.41) is 2.78. The van der Waals surface area contributed by atoms with Gasteiger partial charge in [0.05, 0.1) is 5.56 Å². The predicted octanol–water partition coefficient (Wildman–Crippen LogP) is 1.43. The highest BCUT2D eigenvalue weighted by atomic mass is 16.1. The molecular formula is C10H13N2O. The molecule has 0 fully saturated rings. The van der Waals surface area contributed by atoms with Gasteiger partial charge in [-0.2, -0.15) is 0 Å². The molecule has 0 saturated carbocycles. The molecule has 1 N–H and O–H groups in total. The average molecular weight is 177 g/mol. The lowest BCUT2D eigenvalue weighted by Crippen LogP contribution is -2.26. The Hall–Kier alpha value is -1.38. The Labute approximate surface area is 78.2 Å². The molecule has 69 valence electrons. The summed E-state index contributed by atoms with van der Waals surface area (Å²) in [6, 6.07) is 3.49. The average Bonchev–Trinajstić information content (AvgIpc) is 2.15. The Morgan fingerprint density at radius 2 is 2.31 bits per heavy atom. The maximum Gasteiger partial charge on any atom is 0.252 e. The van der Waals surface area contributed by atoms with E-state index in [0.29, 0.717) is 12.1 Å². The van der Waals surface area contributed by atoms with E-state index in [1.165, 1.54) is 5.92 Å². The van der Waals surface area contributed by atoms with Crippen LogP contribution in [0, 0.1) is 5.92 Å².